The van der Waals surface area contributed by atoms with E-state index in [1.807, 2.05) is 6.92 Å². The summed E-state index contributed by atoms with van der Waals surface area (Å²) in [6.07, 6.45) is 2.07. The molecule has 76 valence electrons. The standard InChI is InChI=1S/C10H20N2O/c1-4-12-7-5-6-9(12)10(13)11-8(2)3/h8-9H,4-7H2,1-3H3,(H,11,13)/i2T. The first-order valence-electron chi connectivity index (χ1n) is 5.73. The Kier molecular flexibility index (Phi) is 3.19. The molecule has 0 radical (unpaired) electrons. The van der Waals surface area contributed by atoms with Gasteiger partial charge in [-0.1, -0.05) is 6.92 Å². The molecule has 1 heterocycles. The van der Waals surface area contributed by atoms with E-state index < -0.39 is 0 Å². The molecule has 0 aromatic rings. The number of nitrogens with zero attached hydrogens (tertiary/aromatic N) is 1. The van der Waals surface area contributed by atoms with Gasteiger partial charge >= 0.3 is 0 Å². The minimum atomic E-state index is -0.0261. The van der Waals surface area contributed by atoms with Gasteiger partial charge in [0.25, 0.3) is 0 Å². The van der Waals surface area contributed by atoms with Crippen LogP contribution in [0.3, 0.4) is 0 Å². The zero-order valence-corrected chi connectivity index (χ0v) is 8.55. The van der Waals surface area contributed by atoms with Crippen LogP contribution in [-0.4, -0.2) is 36.0 Å². The van der Waals surface area contributed by atoms with Crippen LogP contribution in [0.25, 0.3) is 0 Å². The van der Waals surface area contributed by atoms with Gasteiger partial charge in [-0.25, -0.2) is 0 Å². The average Bonchev–Trinajstić information content (AvgIpc) is 2.65. The minimum Gasteiger partial charge on any atom is -0.353 e. The number of carbonyl (C=O) groups is 1. The Morgan fingerprint density at radius 3 is 3.23 bits per heavy atom. The first kappa shape index (κ1) is 9.00. The van der Waals surface area contributed by atoms with Crippen molar-refractivity contribution in [3.63, 3.8) is 0 Å². The number of likely N-dealkylation sites (tertiary alicyclic amines) is 1. The zero-order valence-electron chi connectivity index (χ0n) is 9.55. The Morgan fingerprint density at radius 2 is 2.62 bits per heavy atom. The second-order valence-electron chi connectivity index (χ2n) is 3.70. The van der Waals surface area contributed by atoms with Gasteiger partial charge in [-0.05, 0) is 39.8 Å². The molecule has 2 atom stereocenters. The molecular formula is C10H20N2O. The van der Waals surface area contributed by atoms with Crippen molar-refractivity contribution in [1.29, 1.82) is 0 Å². The second kappa shape index (κ2) is 4.61. The highest BCUT2D eigenvalue weighted by atomic mass is 16.2. The van der Waals surface area contributed by atoms with E-state index in [1.165, 1.54) is 0 Å². The Balaban J connectivity index is 2.43. The third-order valence-electron chi connectivity index (χ3n) is 2.46. The highest BCUT2D eigenvalue weighted by Gasteiger charge is 2.29. The second-order valence-corrected chi connectivity index (χ2v) is 3.70. The number of amides is 1. The van der Waals surface area contributed by atoms with E-state index in [-0.39, 0.29) is 24.9 Å². The maximum absolute atomic E-state index is 11.7. The van der Waals surface area contributed by atoms with Crippen LogP contribution < -0.4 is 5.32 Å². The topological polar surface area (TPSA) is 32.3 Å². The lowest BCUT2D eigenvalue weighted by atomic mass is 10.2. The minimum absolute atomic E-state index is 0.0261. The van der Waals surface area contributed by atoms with Crippen molar-refractivity contribution in [3.05, 3.63) is 0 Å². The fourth-order valence-electron chi connectivity index (χ4n) is 1.84. The van der Waals surface area contributed by atoms with Gasteiger partial charge in [0.2, 0.25) is 5.91 Å². The van der Waals surface area contributed by atoms with Gasteiger partial charge in [0.1, 0.15) is 0 Å². The molecule has 13 heavy (non-hydrogen) atoms. The summed E-state index contributed by atoms with van der Waals surface area (Å²) in [7, 11) is 0. The van der Waals surface area contributed by atoms with Gasteiger partial charge in [0.05, 0.1) is 6.04 Å². The van der Waals surface area contributed by atoms with Crippen LogP contribution in [-0.2, 0) is 4.79 Å². The smallest absolute Gasteiger partial charge is 0.237 e. The highest BCUT2D eigenvalue weighted by molar-refractivity contribution is 5.82. The molecule has 1 aliphatic rings. The molecule has 2 unspecified atom stereocenters. The van der Waals surface area contributed by atoms with E-state index in [0.717, 1.165) is 25.9 Å². The quantitative estimate of drug-likeness (QED) is 0.713. The maximum Gasteiger partial charge on any atom is 0.237 e. The highest BCUT2D eigenvalue weighted by Crippen LogP contribution is 2.16. The number of nitrogens with one attached hydrogen (secondary N) is 1. The molecular weight excluding hydrogens is 164 g/mol. The lowest BCUT2D eigenvalue weighted by Gasteiger charge is -2.22. The molecule has 1 N–H and O–H groups in total. The molecule has 0 bridgehead atoms. The van der Waals surface area contributed by atoms with E-state index >= 15 is 0 Å². The summed E-state index contributed by atoms with van der Waals surface area (Å²) in [5.41, 5.74) is 0. The van der Waals surface area contributed by atoms with Crippen molar-refractivity contribution < 1.29 is 6.17 Å². The third kappa shape index (κ3) is 2.69. The van der Waals surface area contributed by atoms with Crippen LogP contribution in [0.4, 0.5) is 0 Å². The summed E-state index contributed by atoms with van der Waals surface area (Å²) in [5.74, 6) is 0.101. The molecule has 0 spiro atoms. The van der Waals surface area contributed by atoms with E-state index in [1.54, 1.807) is 0 Å². The van der Waals surface area contributed by atoms with E-state index in [9.17, 15) is 4.79 Å². The number of carbonyl (C=O) groups excluding carboxylic acids is 1. The molecule has 3 heteroatoms. The number of hydrogen-bond acceptors (Lipinski definition) is 2. The maximum atomic E-state index is 11.7. The monoisotopic (exact) mass is 186 g/mol. The summed E-state index contributed by atoms with van der Waals surface area (Å²) in [4.78, 5) is 13.9. The third-order valence-corrected chi connectivity index (χ3v) is 2.46. The van der Waals surface area contributed by atoms with Crippen LogP contribution in [0, 0.1) is 0 Å². The van der Waals surface area contributed by atoms with Gasteiger partial charge in [-0.3, -0.25) is 9.69 Å². The Labute approximate surface area is 81.9 Å². The van der Waals surface area contributed by atoms with Crippen LogP contribution in [0.15, 0.2) is 0 Å². The SMILES string of the molecule is [3H]CC(C)NC(=O)C1CCCN1CC. The summed E-state index contributed by atoms with van der Waals surface area (Å²) in [6.45, 7) is 6.18. The molecule has 0 aromatic heterocycles. The molecule has 0 saturated carbocycles. The summed E-state index contributed by atoms with van der Waals surface area (Å²) in [5, 5.41) is 2.87. The van der Waals surface area contributed by atoms with Gasteiger partial charge in [0, 0.05) is 7.41 Å². The largest absolute Gasteiger partial charge is 0.353 e. The molecule has 0 aliphatic carbocycles. The lowest BCUT2D eigenvalue weighted by molar-refractivity contribution is -0.125. The first-order chi connectivity index (χ1) is 6.69. The molecule has 3 nitrogen and oxygen atoms in total. The Hall–Kier alpha value is -0.570. The van der Waals surface area contributed by atoms with E-state index in [0.29, 0.717) is 0 Å². The van der Waals surface area contributed by atoms with Crippen molar-refractivity contribution in [3.8, 4) is 0 Å². The van der Waals surface area contributed by atoms with E-state index in [2.05, 4.69) is 17.1 Å². The molecule has 1 saturated heterocycles. The molecule has 1 aliphatic heterocycles. The number of hydrogen-bond donors (Lipinski definition) is 1. The Bertz CT molecular complexity index is 199. The number of likely N-dealkylation sites (N-methyl/N-ethyl adjacent to an activating group) is 1. The molecule has 1 fully saturated rings. The number of rotatable bonds is 3. The molecule has 0 aromatic carbocycles. The average molecular weight is 186 g/mol. The fraction of sp³-hybridized carbons (Fsp3) is 0.900. The van der Waals surface area contributed by atoms with Crippen LogP contribution in [0.5, 0.6) is 0 Å². The van der Waals surface area contributed by atoms with Gasteiger partial charge in [-0.2, -0.15) is 0 Å². The van der Waals surface area contributed by atoms with Crippen molar-refractivity contribution in [1.82, 2.24) is 10.2 Å². The summed E-state index contributed by atoms with van der Waals surface area (Å²) < 4.78 is 7.14. The van der Waals surface area contributed by atoms with Crippen LogP contribution in [0.2, 0.25) is 0 Å². The van der Waals surface area contributed by atoms with Gasteiger partial charge in [-0.15, -0.1) is 0 Å². The van der Waals surface area contributed by atoms with Crippen LogP contribution >= 0.6 is 0 Å². The summed E-state index contributed by atoms with van der Waals surface area (Å²) >= 11 is 0. The zero-order chi connectivity index (χ0) is 10.6. The van der Waals surface area contributed by atoms with Gasteiger partial charge < -0.3 is 5.32 Å². The van der Waals surface area contributed by atoms with Crippen molar-refractivity contribution in [2.24, 2.45) is 0 Å². The predicted octanol–water partition coefficient (Wildman–Crippen LogP) is 0.995. The molecule has 1 rings (SSSR count). The van der Waals surface area contributed by atoms with E-state index in [4.69, 9.17) is 1.37 Å². The molecule has 1 amide bonds. The van der Waals surface area contributed by atoms with Crippen molar-refractivity contribution in [2.45, 2.75) is 45.7 Å². The Morgan fingerprint density at radius 1 is 1.85 bits per heavy atom. The van der Waals surface area contributed by atoms with Crippen molar-refractivity contribution >= 4 is 5.91 Å². The normalized spacial score (nSPS) is 26.9. The van der Waals surface area contributed by atoms with Crippen LogP contribution in [0.1, 0.15) is 35.0 Å². The summed E-state index contributed by atoms with van der Waals surface area (Å²) in [6, 6.07) is 0.0239. The van der Waals surface area contributed by atoms with Gasteiger partial charge in [0.15, 0.2) is 0 Å². The first-order valence-corrected chi connectivity index (χ1v) is 5.02. The fourth-order valence-corrected chi connectivity index (χ4v) is 1.84. The lowest BCUT2D eigenvalue weighted by Crippen LogP contribution is -2.45. The van der Waals surface area contributed by atoms with Crippen molar-refractivity contribution in [2.75, 3.05) is 13.1 Å². The predicted molar refractivity (Wildman–Crippen MR) is 53.5 cm³/mol.